The molecule has 3 aromatic carbocycles. The van der Waals surface area contributed by atoms with Crippen LogP contribution in [0.2, 0.25) is 0 Å². The molecule has 8 heteroatoms. The van der Waals surface area contributed by atoms with Crippen LogP contribution in [0, 0.1) is 16.4 Å². The molecule has 5 rings (SSSR count). The molecule has 174 valence electrons. The smallest absolute Gasteiger partial charge is 0.272 e. The lowest BCUT2D eigenvalue weighted by Crippen LogP contribution is -2.31. The monoisotopic (exact) mass is 478 g/mol. The third kappa shape index (κ3) is 4.38. The summed E-state index contributed by atoms with van der Waals surface area (Å²) in [6.07, 6.45) is 4.03. The maximum Gasteiger partial charge on any atom is 0.272 e. The molecule has 2 atom stereocenters. The largest absolute Gasteiger partial charge is 0.345 e. The number of benzene rings is 3. The molecule has 0 fully saturated rings. The van der Waals surface area contributed by atoms with Gasteiger partial charge in [0.05, 0.1) is 4.90 Å². The molecule has 0 saturated carbocycles. The number of halogens is 2. The summed E-state index contributed by atoms with van der Waals surface area (Å²) in [5.41, 5.74) is 2.66. The van der Waals surface area contributed by atoms with Crippen molar-refractivity contribution in [3.05, 3.63) is 95.3 Å². The van der Waals surface area contributed by atoms with Gasteiger partial charge in [0, 0.05) is 31.0 Å². The highest BCUT2D eigenvalue weighted by molar-refractivity contribution is 7.84. The van der Waals surface area contributed by atoms with Crippen LogP contribution < -0.4 is 10.0 Å². The Balaban J connectivity index is 1.36. The minimum absolute atomic E-state index is 0.0989. The third-order valence-electron chi connectivity index (χ3n) is 6.18. The fourth-order valence-electron chi connectivity index (χ4n) is 4.53. The van der Waals surface area contributed by atoms with E-state index in [1.165, 1.54) is 22.4 Å². The number of rotatable bonds is 4. The van der Waals surface area contributed by atoms with E-state index in [1.807, 2.05) is 18.3 Å². The highest BCUT2D eigenvalue weighted by atomic mass is 32.2. The van der Waals surface area contributed by atoms with E-state index < -0.39 is 28.4 Å². The first kappa shape index (κ1) is 22.4. The number of aryl methyl sites for hydroxylation is 1. The van der Waals surface area contributed by atoms with Gasteiger partial charge in [0.15, 0.2) is 11.6 Å². The summed E-state index contributed by atoms with van der Waals surface area (Å²) in [6.45, 7) is 0. The average molecular weight is 479 g/mol. The van der Waals surface area contributed by atoms with Crippen molar-refractivity contribution in [3.8, 4) is 0 Å². The summed E-state index contributed by atoms with van der Waals surface area (Å²) in [7, 11) is 0.779. The molecule has 2 unspecified atom stereocenters. The van der Waals surface area contributed by atoms with Crippen molar-refractivity contribution in [2.24, 2.45) is 7.05 Å². The standard InChI is InChI=1S/C26H24F2N4OS/c1-32-15-24-21(25(32)26(33)30-19-9-11-22(27)23(28)14-19)10-8-20(31-34(24)29)13-16-6-7-17-4-2-3-5-18(17)12-16/h2-7,9,11-12,14-15,20H,8,10,13H2,1H3,(H2,29,31)(H,30,33). The Kier molecular flexibility index (Phi) is 6.02. The van der Waals surface area contributed by atoms with Gasteiger partial charge in [-0.1, -0.05) is 42.5 Å². The van der Waals surface area contributed by atoms with Crippen molar-refractivity contribution in [2.75, 3.05) is 5.32 Å². The van der Waals surface area contributed by atoms with E-state index in [-0.39, 0.29) is 11.7 Å². The first-order valence-electron chi connectivity index (χ1n) is 11.0. The number of amides is 1. The molecular weight excluding hydrogens is 454 g/mol. The zero-order valence-corrected chi connectivity index (χ0v) is 19.4. The summed E-state index contributed by atoms with van der Waals surface area (Å²) in [4.78, 5) is 13.8. The fourth-order valence-corrected chi connectivity index (χ4v) is 5.90. The van der Waals surface area contributed by atoms with Crippen molar-refractivity contribution >= 4 is 33.2 Å². The number of carbonyl (C=O) groups excluding carboxylic acids is 1. The number of hydrogen-bond acceptors (Lipinski definition) is 2. The first-order valence-corrected chi connectivity index (χ1v) is 12.3. The van der Waals surface area contributed by atoms with Crippen LogP contribution in [-0.4, -0.2) is 16.5 Å². The molecule has 2 heterocycles. The summed E-state index contributed by atoms with van der Waals surface area (Å²) in [5, 5.41) is 5.05. The predicted octanol–water partition coefficient (Wildman–Crippen LogP) is 5.51. The van der Waals surface area contributed by atoms with Crippen LogP contribution >= 0.6 is 0 Å². The lowest BCUT2D eigenvalue weighted by Gasteiger charge is -2.17. The number of nitrogens with one attached hydrogen (secondary N) is 3. The lowest BCUT2D eigenvalue weighted by atomic mass is 9.98. The summed E-state index contributed by atoms with van der Waals surface area (Å²) in [5.74, 6) is -2.39. The Bertz CT molecular complexity index is 1430. The number of aromatic nitrogens is 1. The molecular formula is C26H24F2N4OS. The van der Waals surface area contributed by atoms with Gasteiger partial charge in [0.2, 0.25) is 0 Å². The van der Waals surface area contributed by atoms with Crippen molar-refractivity contribution in [1.82, 2.24) is 9.29 Å². The summed E-state index contributed by atoms with van der Waals surface area (Å²) >= 11 is 0. The molecule has 1 aliphatic rings. The van der Waals surface area contributed by atoms with Gasteiger partial charge in [0.25, 0.3) is 5.91 Å². The molecule has 0 radical (unpaired) electrons. The third-order valence-corrected chi connectivity index (χ3v) is 7.54. The van der Waals surface area contributed by atoms with Crippen molar-refractivity contribution in [2.45, 2.75) is 30.2 Å². The average Bonchev–Trinajstić information content (AvgIpc) is 3.08. The van der Waals surface area contributed by atoms with Crippen LogP contribution in [-0.2, 0) is 30.8 Å². The van der Waals surface area contributed by atoms with Crippen molar-refractivity contribution in [1.29, 1.82) is 4.78 Å². The number of hydrogen-bond donors (Lipinski definition) is 3. The van der Waals surface area contributed by atoms with Gasteiger partial charge in [0.1, 0.15) is 5.69 Å². The maximum atomic E-state index is 13.6. The van der Waals surface area contributed by atoms with Gasteiger partial charge >= 0.3 is 0 Å². The van der Waals surface area contributed by atoms with Gasteiger partial charge in [-0.25, -0.2) is 13.5 Å². The van der Waals surface area contributed by atoms with E-state index in [0.29, 0.717) is 12.1 Å². The number of fused-ring (bicyclic) bond motifs is 2. The molecule has 0 aliphatic carbocycles. The zero-order valence-electron chi connectivity index (χ0n) is 18.6. The number of nitrogens with zero attached hydrogens (tertiary/aromatic N) is 1. The van der Waals surface area contributed by atoms with Gasteiger partial charge in [-0.3, -0.25) is 9.57 Å². The minimum Gasteiger partial charge on any atom is -0.345 e. The Morgan fingerprint density at radius 1 is 1.12 bits per heavy atom. The van der Waals surface area contributed by atoms with Crippen molar-refractivity contribution < 1.29 is 13.6 Å². The van der Waals surface area contributed by atoms with Crippen LogP contribution in [0.25, 0.3) is 10.8 Å². The lowest BCUT2D eigenvalue weighted by molar-refractivity contribution is 0.101. The van der Waals surface area contributed by atoms with Crippen LogP contribution in [0.4, 0.5) is 14.5 Å². The SMILES string of the molecule is Cn1cc2c(c1C(=O)Nc1ccc(F)c(F)c1)CCC(Cc1ccc3ccccc3c1)NS2=N. The van der Waals surface area contributed by atoms with Crippen LogP contribution in [0.5, 0.6) is 0 Å². The van der Waals surface area contributed by atoms with Gasteiger partial charge in [-0.2, -0.15) is 0 Å². The topological polar surface area (TPSA) is 69.9 Å². The van der Waals surface area contributed by atoms with Gasteiger partial charge in [-0.15, -0.1) is 0 Å². The van der Waals surface area contributed by atoms with Crippen LogP contribution in [0.15, 0.2) is 71.8 Å². The quantitative estimate of drug-likeness (QED) is 0.362. The molecule has 1 aromatic heterocycles. The second-order valence-corrected chi connectivity index (χ2v) is 9.85. The molecule has 1 aliphatic heterocycles. The molecule has 4 aromatic rings. The number of anilines is 1. The van der Waals surface area contributed by atoms with Crippen molar-refractivity contribution in [3.63, 3.8) is 0 Å². The molecule has 0 bridgehead atoms. The molecule has 3 N–H and O–H groups in total. The van der Waals surface area contributed by atoms with E-state index in [1.54, 1.807) is 11.6 Å². The minimum atomic E-state index is -1.02. The highest BCUT2D eigenvalue weighted by Gasteiger charge is 2.27. The summed E-state index contributed by atoms with van der Waals surface area (Å²) < 4.78 is 40.7. The summed E-state index contributed by atoms with van der Waals surface area (Å²) in [6, 6.07) is 18.1. The molecule has 0 saturated heterocycles. The van der Waals surface area contributed by atoms with E-state index >= 15 is 0 Å². The molecule has 0 spiro atoms. The Labute approximate surface area is 198 Å². The maximum absolute atomic E-state index is 13.6. The van der Waals surface area contributed by atoms with Crippen LogP contribution in [0.3, 0.4) is 0 Å². The predicted molar refractivity (Wildman–Crippen MR) is 131 cm³/mol. The Morgan fingerprint density at radius 3 is 2.71 bits per heavy atom. The van der Waals surface area contributed by atoms with E-state index in [4.69, 9.17) is 4.78 Å². The second-order valence-electron chi connectivity index (χ2n) is 8.56. The first-order chi connectivity index (χ1) is 16.4. The highest BCUT2D eigenvalue weighted by Crippen LogP contribution is 2.28. The van der Waals surface area contributed by atoms with Gasteiger partial charge < -0.3 is 9.88 Å². The Morgan fingerprint density at radius 2 is 1.91 bits per heavy atom. The van der Waals surface area contributed by atoms with E-state index in [9.17, 15) is 13.6 Å². The van der Waals surface area contributed by atoms with Gasteiger partial charge in [-0.05, 0) is 64.2 Å². The second kappa shape index (κ2) is 9.12. The van der Waals surface area contributed by atoms with Crippen LogP contribution in [0.1, 0.15) is 28.0 Å². The van der Waals surface area contributed by atoms with E-state index in [2.05, 4.69) is 40.4 Å². The molecule has 5 nitrogen and oxygen atoms in total. The Hall–Kier alpha value is -3.36. The molecule has 1 amide bonds. The molecule has 34 heavy (non-hydrogen) atoms. The van der Waals surface area contributed by atoms with E-state index in [0.717, 1.165) is 35.4 Å². The zero-order chi connectivity index (χ0) is 23.8. The fraction of sp³-hybridized carbons (Fsp3) is 0.192. The number of carbonyl (C=O) groups is 1. The normalized spacial score (nSPS) is 17.9.